The van der Waals surface area contributed by atoms with Crippen molar-refractivity contribution in [3.8, 4) is 0 Å². The minimum atomic E-state index is -0.615. The van der Waals surface area contributed by atoms with E-state index in [1.54, 1.807) is 15.9 Å². The van der Waals surface area contributed by atoms with Gasteiger partial charge in [-0.2, -0.15) is 0 Å². The molecule has 6 nitrogen and oxygen atoms in total. The van der Waals surface area contributed by atoms with Crippen LogP contribution in [0.25, 0.3) is 0 Å². The highest BCUT2D eigenvalue weighted by atomic mass is 19.1. The van der Waals surface area contributed by atoms with Crippen molar-refractivity contribution in [3.63, 3.8) is 0 Å². The second-order valence-electron chi connectivity index (χ2n) is 7.25. The van der Waals surface area contributed by atoms with E-state index >= 15 is 0 Å². The lowest BCUT2D eigenvalue weighted by Gasteiger charge is -2.35. The Labute approximate surface area is 151 Å². The van der Waals surface area contributed by atoms with Gasteiger partial charge in [-0.25, -0.2) is 9.18 Å². The topological polar surface area (TPSA) is 60.9 Å². The van der Waals surface area contributed by atoms with Crippen LogP contribution in [0.4, 0.5) is 9.18 Å². The average Bonchev–Trinajstić information content (AvgIpc) is 2.92. The largest absolute Gasteiger partial charge is 0.334 e. The third kappa shape index (κ3) is 2.85. The van der Waals surface area contributed by atoms with Crippen LogP contribution in [-0.2, 0) is 4.79 Å². The van der Waals surface area contributed by atoms with Crippen LogP contribution in [-0.4, -0.2) is 64.3 Å². The van der Waals surface area contributed by atoms with E-state index in [1.165, 1.54) is 23.1 Å². The van der Waals surface area contributed by atoms with Crippen LogP contribution in [0.5, 0.6) is 0 Å². The fraction of sp³-hybridized carbons (Fsp3) is 0.526. The lowest BCUT2D eigenvalue weighted by molar-refractivity contribution is -0.131. The molecule has 1 saturated carbocycles. The molecule has 3 fully saturated rings. The van der Waals surface area contributed by atoms with Crippen molar-refractivity contribution >= 4 is 17.8 Å². The number of imide groups is 1. The Hall–Kier alpha value is -2.44. The molecule has 1 aliphatic carbocycles. The smallest absolute Gasteiger partial charge is 0.327 e. The van der Waals surface area contributed by atoms with Crippen LogP contribution in [0.2, 0.25) is 0 Å². The summed E-state index contributed by atoms with van der Waals surface area (Å²) in [5.41, 5.74) is 0.263. The van der Waals surface area contributed by atoms with Crippen LogP contribution in [0, 0.1) is 5.82 Å². The number of benzene rings is 1. The molecule has 0 bridgehead atoms. The van der Waals surface area contributed by atoms with Gasteiger partial charge in [0.2, 0.25) is 0 Å². The Morgan fingerprint density at radius 2 is 1.85 bits per heavy atom. The van der Waals surface area contributed by atoms with E-state index in [0.717, 1.165) is 32.1 Å². The number of nitrogens with zero attached hydrogens (tertiary/aromatic N) is 3. The molecule has 2 aliphatic heterocycles. The first kappa shape index (κ1) is 17.0. The number of fused-ring (bicyclic) bond motifs is 1. The molecular formula is C19H22FN3O3. The zero-order valence-corrected chi connectivity index (χ0v) is 14.6. The molecule has 4 amide bonds. The minimum absolute atomic E-state index is 0.0123. The molecule has 3 aliphatic rings. The highest BCUT2D eigenvalue weighted by Gasteiger charge is 2.50. The van der Waals surface area contributed by atoms with Crippen LogP contribution in [0.15, 0.2) is 24.3 Å². The summed E-state index contributed by atoms with van der Waals surface area (Å²) in [6, 6.07) is 4.70. The Balaban J connectivity index is 1.50. The van der Waals surface area contributed by atoms with Gasteiger partial charge in [-0.15, -0.1) is 0 Å². The maximum Gasteiger partial charge on any atom is 0.327 e. The van der Waals surface area contributed by atoms with Crippen molar-refractivity contribution in [2.75, 3.05) is 19.6 Å². The number of hydrogen-bond donors (Lipinski definition) is 0. The summed E-state index contributed by atoms with van der Waals surface area (Å²) >= 11 is 0. The van der Waals surface area contributed by atoms with Gasteiger partial charge < -0.3 is 9.80 Å². The predicted molar refractivity (Wildman–Crippen MR) is 91.9 cm³/mol. The summed E-state index contributed by atoms with van der Waals surface area (Å²) in [5, 5.41) is 0. The first-order valence-corrected chi connectivity index (χ1v) is 9.25. The number of carbonyl (C=O) groups is 3. The van der Waals surface area contributed by atoms with E-state index in [2.05, 4.69) is 0 Å². The zero-order valence-electron chi connectivity index (χ0n) is 14.6. The summed E-state index contributed by atoms with van der Waals surface area (Å²) in [5.74, 6) is -0.968. The third-order valence-electron chi connectivity index (χ3n) is 5.65. The van der Waals surface area contributed by atoms with E-state index < -0.39 is 11.9 Å². The number of urea groups is 1. The maximum atomic E-state index is 13.4. The zero-order chi connectivity index (χ0) is 18.3. The van der Waals surface area contributed by atoms with Crippen LogP contribution in [0.3, 0.4) is 0 Å². The summed E-state index contributed by atoms with van der Waals surface area (Å²) in [4.78, 5) is 42.8. The average molecular weight is 359 g/mol. The quantitative estimate of drug-likeness (QED) is 0.761. The van der Waals surface area contributed by atoms with Crippen LogP contribution < -0.4 is 0 Å². The number of rotatable bonds is 2. The summed E-state index contributed by atoms with van der Waals surface area (Å²) < 4.78 is 13.4. The van der Waals surface area contributed by atoms with E-state index in [0.29, 0.717) is 13.1 Å². The fourth-order valence-corrected chi connectivity index (χ4v) is 4.28. The van der Waals surface area contributed by atoms with Gasteiger partial charge in [0.25, 0.3) is 11.8 Å². The Bertz CT molecular complexity index is 747. The molecule has 1 aromatic carbocycles. The number of hydrogen-bond acceptors (Lipinski definition) is 3. The molecular weight excluding hydrogens is 337 g/mol. The molecule has 7 heteroatoms. The Kier molecular flexibility index (Phi) is 4.38. The number of amides is 4. The molecule has 1 aromatic rings. The second kappa shape index (κ2) is 6.70. The Morgan fingerprint density at radius 1 is 1.08 bits per heavy atom. The molecule has 1 unspecified atom stereocenters. The normalized spacial score (nSPS) is 24.2. The molecule has 0 radical (unpaired) electrons. The van der Waals surface area contributed by atoms with E-state index in [4.69, 9.17) is 0 Å². The number of piperazine rings is 1. The van der Waals surface area contributed by atoms with Gasteiger partial charge in [-0.3, -0.25) is 14.5 Å². The van der Waals surface area contributed by atoms with Gasteiger partial charge in [0, 0.05) is 24.7 Å². The van der Waals surface area contributed by atoms with Gasteiger partial charge in [0.1, 0.15) is 11.9 Å². The van der Waals surface area contributed by atoms with Crippen molar-refractivity contribution in [3.05, 3.63) is 35.6 Å². The van der Waals surface area contributed by atoms with Gasteiger partial charge in [-0.1, -0.05) is 25.3 Å². The molecule has 4 rings (SSSR count). The minimum Gasteiger partial charge on any atom is -0.334 e. The lowest BCUT2D eigenvalue weighted by atomic mass is 9.94. The SMILES string of the molecule is O=C(c1cccc(F)c1)N1CCN2C(=O)N(C3CCCCC3)C(=O)C2C1. The van der Waals surface area contributed by atoms with Crippen molar-refractivity contribution in [2.24, 2.45) is 0 Å². The first-order valence-electron chi connectivity index (χ1n) is 9.25. The number of carbonyl (C=O) groups excluding carboxylic acids is 3. The summed E-state index contributed by atoms with van der Waals surface area (Å²) in [6.45, 7) is 0.853. The monoisotopic (exact) mass is 359 g/mol. The van der Waals surface area contributed by atoms with Crippen molar-refractivity contribution in [2.45, 2.75) is 44.2 Å². The maximum absolute atomic E-state index is 13.4. The summed E-state index contributed by atoms with van der Waals surface area (Å²) in [6.07, 6.45) is 4.96. The van der Waals surface area contributed by atoms with Crippen LogP contribution in [0.1, 0.15) is 42.5 Å². The number of halogens is 1. The van der Waals surface area contributed by atoms with Gasteiger partial charge in [0.15, 0.2) is 0 Å². The highest BCUT2D eigenvalue weighted by Crippen LogP contribution is 2.30. The van der Waals surface area contributed by atoms with Crippen LogP contribution >= 0.6 is 0 Å². The fourth-order valence-electron chi connectivity index (χ4n) is 4.28. The summed E-state index contributed by atoms with van der Waals surface area (Å²) in [7, 11) is 0. The standard InChI is InChI=1S/C19H22FN3O3/c20-14-6-4-5-13(11-14)17(24)21-9-10-22-16(12-21)18(25)23(19(22)26)15-7-2-1-3-8-15/h4-6,11,15-16H,1-3,7-10,12H2. The molecule has 1 atom stereocenters. The molecule has 0 aromatic heterocycles. The van der Waals surface area contributed by atoms with Gasteiger partial charge >= 0.3 is 6.03 Å². The molecule has 2 heterocycles. The van der Waals surface area contributed by atoms with E-state index in [9.17, 15) is 18.8 Å². The lowest BCUT2D eigenvalue weighted by Crippen LogP contribution is -2.54. The molecule has 26 heavy (non-hydrogen) atoms. The second-order valence-corrected chi connectivity index (χ2v) is 7.25. The van der Waals surface area contributed by atoms with Crippen molar-refractivity contribution in [1.29, 1.82) is 0 Å². The van der Waals surface area contributed by atoms with E-state index in [-0.39, 0.29) is 36.0 Å². The first-order chi connectivity index (χ1) is 12.6. The molecule has 138 valence electrons. The van der Waals surface area contributed by atoms with Crippen molar-refractivity contribution in [1.82, 2.24) is 14.7 Å². The molecule has 2 saturated heterocycles. The van der Waals surface area contributed by atoms with Gasteiger partial charge in [-0.05, 0) is 31.0 Å². The molecule has 0 spiro atoms. The Morgan fingerprint density at radius 3 is 2.58 bits per heavy atom. The predicted octanol–water partition coefficient (Wildman–Crippen LogP) is 2.25. The van der Waals surface area contributed by atoms with Gasteiger partial charge in [0.05, 0.1) is 6.54 Å². The van der Waals surface area contributed by atoms with Crippen molar-refractivity contribution < 1.29 is 18.8 Å². The highest BCUT2D eigenvalue weighted by molar-refractivity contribution is 6.05. The van der Waals surface area contributed by atoms with E-state index in [1.807, 2.05) is 0 Å². The molecule has 0 N–H and O–H groups in total. The third-order valence-corrected chi connectivity index (χ3v) is 5.65.